The van der Waals surface area contributed by atoms with E-state index >= 15 is 0 Å². The highest BCUT2D eigenvalue weighted by molar-refractivity contribution is 7.98. The first-order chi connectivity index (χ1) is 11.7. The Morgan fingerprint density at radius 1 is 1.46 bits per heavy atom. The molecule has 0 aliphatic carbocycles. The Morgan fingerprint density at radius 2 is 2.38 bits per heavy atom. The summed E-state index contributed by atoms with van der Waals surface area (Å²) in [5, 5.41) is 4.66. The lowest BCUT2D eigenvalue weighted by Gasteiger charge is -2.24. The normalized spacial score (nSPS) is 21.1. The molecule has 7 heteroatoms. The zero-order valence-electron chi connectivity index (χ0n) is 13.9. The number of nitrogens with zero attached hydrogens (tertiary/aromatic N) is 4. The lowest BCUT2D eigenvalue weighted by molar-refractivity contribution is 0.213. The average molecular weight is 346 g/mol. The van der Waals surface area contributed by atoms with Crippen molar-refractivity contribution in [3.63, 3.8) is 0 Å². The first-order valence-corrected chi connectivity index (χ1v) is 9.67. The smallest absolute Gasteiger partial charge is 0.267 e. The van der Waals surface area contributed by atoms with Gasteiger partial charge in [0.05, 0.1) is 17.9 Å². The summed E-state index contributed by atoms with van der Waals surface area (Å²) in [6, 6.07) is 2.12. The van der Waals surface area contributed by atoms with Gasteiger partial charge in [0, 0.05) is 30.8 Å². The number of rotatable bonds is 4. The maximum Gasteiger partial charge on any atom is 0.267 e. The standard InChI is InChI=1S/C17H22N4O2S/c1-12-16(18-11-23-12)9-20-5-2-3-14(20)8-21-17(22)7-13-10-24-6-4-15(13)19-21/h7,11,14H,2-6,8-10H2,1H3. The fourth-order valence-corrected chi connectivity index (χ4v) is 4.52. The second-order valence-corrected chi connectivity index (χ2v) is 7.67. The Labute approximate surface area is 145 Å². The predicted molar refractivity (Wildman–Crippen MR) is 93.0 cm³/mol. The first-order valence-electron chi connectivity index (χ1n) is 8.51. The van der Waals surface area contributed by atoms with Crippen LogP contribution in [0.25, 0.3) is 0 Å². The van der Waals surface area contributed by atoms with E-state index < -0.39 is 0 Å². The van der Waals surface area contributed by atoms with Crippen LogP contribution in [0, 0.1) is 6.92 Å². The monoisotopic (exact) mass is 346 g/mol. The second kappa shape index (κ2) is 6.72. The first kappa shape index (κ1) is 15.9. The molecule has 2 aromatic heterocycles. The largest absolute Gasteiger partial charge is 0.448 e. The Hall–Kier alpha value is -1.60. The summed E-state index contributed by atoms with van der Waals surface area (Å²) >= 11 is 1.88. The van der Waals surface area contributed by atoms with Gasteiger partial charge in [-0.1, -0.05) is 0 Å². The highest BCUT2D eigenvalue weighted by Gasteiger charge is 2.27. The van der Waals surface area contributed by atoms with E-state index in [2.05, 4.69) is 15.0 Å². The number of aryl methyl sites for hydroxylation is 2. The summed E-state index contributed by atoms with van der Waals surface area (Å²) in [7, 11) is 0. The molecule has 0 radical (unpaired) electrons. The van der Waals surface area contributed by atoms with Crippen molar-refractivity contribution >= 4 is 11.8 Å². The molecule has 1 fully saturated rings. The Balaban J connectivity index is 1.52. The van der Waals surface area contributed by atoms with Crippen molar-refractivity contribution in [2.75, 3.05) is 12.3 Å². The number of aromatic nitrogens is 3. The van der Waals surface area contributed by atoms with Crippen LogP contribution in [0.2, 0.25) is 0 Å². The number of hydrogen-bond acceptors (Lipinski definition) is 6. The summed E-state index contributed by atoms with van der Waals surface area (Å²) in [6.07, 6.45) is 4.71. The van der Waals surface area contributed by atoms with Gasteiger partial charge in [-0.15, -0.1) is 0 Å². The maximum absolute atomic E-state index is 12.4. The van der Waals surface area contributed by atoms with Crippen molar-refractivity contribution in [1.82, 2.24) is 19.7 Å². The Kier molecular flexibility index (Phi) is 4.45. The maximum atomic E-state index is 12.4. The van der Waals surface area contributed by atoms with E-state index in [1.54, 1.807) is 10.7 Å². The molecule has 1 unspecified atom stereocenters. The van der Waals surface area contributed by atoms with E-state index in [9.17, 15) is 4.79 Å². The van der Waals surface area contributed by atoms with Crippen molar-refractivity contribution in [3.05, 3.63) is 45.5 Å². The van der Waals surface area contributed by atoms with Gasteiger partial charge in [0.15, 0.2) is 6.39 Å². The molecule has 128 valence electrons. The molecule has 24 heavy (non-hydrogen) atoms. The van der Waals surface area contributed by atoms with Gasteiger partial charge >= 0.3 is 0 Å². The lowest BCUT2D eigenvalue weighted by atomic mass is 10.2. The fourth-order valence-electron chi connectivity index (χ4n) is 3.57. The van der Waals surface area contributed by atoms with Crippen molar-refractivity contribution < 1.29 is 4.42 Å². The van der Waals surface area contributed by atoms with Crippen LogP contribution in [0.15, 0.2) is 21.7 Å². The second-order valence-electron chi connectivity index (χ2n) is 6.56. The van der Waals surface area contributed by atoms with Crippen LogP contribution in [0.5, 0.6) is 0 Å². The summed E-state index contributed by atoms with van der Waals surface area (Å²) in [5.41, 5.74) is 3.24. The third-order valence-electron chi connectivity index (χ3n) is 4.98. The van der Waals surface area contributed by atoms with Crippen molar-refractivity contribution in [2.24, 2.45) is 0 Å². The van der Waals surface area contributed by atoms with Gasteiger partial charge < -0.3 is 4.42 Å². The minimum atomic E-state index is 0.0284. The minimum absolute atomic E-state index is 0.0284. The van der Waals surface area contributed by atoms with Gasteiger partial charge in [-0.2, -0.15) is 16.9 Å². The van der Waals surface area contributed by atoms with Crippen LogP contribution in [0.4, 0.5) is 0 Å². The van der Waals surface area contributed by atoms with Crippen molar-refractivity contribution in [3.8, 4) is 0 Å². The predicted octanol–water partition coefficient (Wildman–Crippen LogP) is 1.99. The summed E-state index contributed by atoms with van der Waals surface area (Å²) in [6.45, 7) is 4.42. The highest BCUT2D eigenvalue weighted by atomic mass is 32.2. The molecule has 2 aliphatic rings. The van der Waals surface area contributed by atoms with E-state index in [1.807, 2.05) is 18.7 Å². The number of oxazole rings is 1. The van der Waals surface area contributed by atoms with E-state index in [0.717, 1.165) is 66.6 Å². The van der Waals surface area contributed by atoms with Gasteiger partial charge in [0.1, 0.15) is 5.76 Å². The SMILES string of the molecule is Cc1ocnc1CN1CCCC1Cn1nc2c(cc1=O)CSCC2. The van der Waals surface area contributed by atoms with Crippen molar-refractivity contribution in [2.45, 2.75) is 51.1 Å². The molecule has 0 aromatic carbocycles. The van der Waals surface area contributed by atoms with E-state index in [-0.39, 0.29) is 5.56 Å². The lowest BCUT2D eigenvalue weighted by Crippen LogP contribution is -2.37. The Bertz CT molecular complexity index is 785. The number of likely N-dealkylation sites (tertiary alicyclic amines) is 1. The molecule has 0 saturated carbocycles. The van der Waals surface area contributed by atoms with Crippen molar-refractivity contribution in [1.29, 1.82) is 0 Å². The van der Waals surface area contributed by atoms with Crippen LogP contribution in [0.1, 0.15) is 35.6 Å². The fraction of sp³-hybridized carbons (Fsp3) is 0.588. The number of fused-ring (bicyclic) bond motifs is 1. The van der Waals surface area contributed by atoms with Gasteiger partial charge in [-0.05, 0) is 37.6 Å². The van der Waals surface area contributed by atoms with Crippen LogP contribution >= 0.6 is 11.8 Å². The minimum Gasteiger partial charge on any atom is -0.448 e. The van der Waals surface area contributed by atoms with E-state index in [0.29, 0.717) is 12.6 Å². The molecular formula is C17H22N4O2S. The molecule has 0 amide bonds. The Morgan fingerprint density at radius 3 is 3.21 bits per heavy atom. The molecule has 2 aromatic rings. The molecule has 6 nitrogen and oxygen atoms in total. The van der Waals surface area contributed by atoms with Gasteiger partial charge in [0.2, 0.25) is 0 Å². The quantitative estimate of drug-likeness (QED) is 0.844. The van der Waals surface area contributed by atoms with Crippen LogP contribution in [-0.4, -0.2) is 38.0 Å². The highest BCUT2D eigenvalue weighted by Crippen LogP contribution is 2.23. The summed E-state index contributed by atoms with van der Waals surface area (Å²) < 4.78 is 6.98. The third-order valence-corrected chi connectivity index (χ3v) is 5.99. The van der Waals surface area contributed by atoms with Gasteiger partial charge in [0.25, 0.3) is 5.56 Å². The van der Waals surface area contributed by atoms with Gasteiger partial charge in [-0.25, -0.2) is 9.67 Å². The zero-order valence-corrected chi connectivity index (χ0v) is 14.7. The molecule has 0 bridgehead atoms. The molecule has 2 aliphatic heterocycles. The molecular weight excluding hydrogens is 324 g/mol. The molecule has 4 heterocycles. The van der Waals surface area contributed by atoms with Crippen LogP contribution < -0.4 is 5.56 Å². The van der Waals surface area contributed by atoms with E-state index in [1.165, 1.54) is 6.39 Å². The van der Waals surface area contributed by atoms with Gasteiger partial charge in [-0.3, -0.25) is 9.69 Å². The topological polar surface area (TPSA) is 64.2 Å². The van der Waals surface area contributed by atoms with E-state index in [4.69, 9.17) is 4.42 Å². The summed E-state index contributed by atoms with van der Waals surface area (Å²) in [5.74, 6) is 2.89. The zero-order chi connectivity index (χ0) is 16.5. The summed E-state index contributed by atoms with van der Waals surface area (Å²) in [4.78, 5) is 19.1. The molecule has 0 N–H and O–H groups in total. The molecule has 1 atom stereocenters. The number of hydrogen-bond donors (Lipinski definition) is 0. The molecule has 0 spiro atoms. The molecule has 1 saturated heterocycles. The molecule has 4 rings (SSSR count). The third kappa shape index (κ3) is 3.15. The number of thioether (sulfide) groups is 1. The average Bonchev–Trinajstić information content (AvgIpc) is 3.18. The van der Waals surface area contributed by atoms with Crippen LogP contribution in [-0.2, 0) is 25.3 Å². The van der Waals surface area contributed by atoms with Crippen LogP contribution in [0.3, 0.4) is 0 Å².